The van der Waals surface area contributed by atoms with Crippen LogP contribution in [-0.2, 0) is 9.53 Å². The summed E-state index contributed by atoms with van der Waals surface area (Å²) in [5.41, 5.74) is 11.9. The van der Waals surface area contributed by atoms with Gasteiger partial charge in [0.25, 0.3) is 0 Å². The standard InChI is InChI=1S/C16H21ClN4O3/c1-10(18)14(15(19)21-8-7-20-2)16(23)24-9-13(22)11-5-3-4-6-12(11)17/h3-6,20H,7-9,18H2,1-2H3,(H2,19,21). The van der Waals surface area contributed by atoms with Gasteiger partial charge in [0.15, 0.2) is 6.61 Å². The average Bonchev–Trinajstić information content (AvgIpc) is 2.53. The summed E-state index contributed by atoms with van der Waals surface area (Å²) < 4.78 is 5.00. The van der Waals surface area contributed by atoms with Crippen molar-refractivity contribution in [2.75, 3.05) is 26.7 Å². The van der Waals surface area contributed by atoms with E-state index in [0.717, 1.165) is 0 Å². The third-order valence-corrected chi connectivity index (χ3v) is 3.34. The number of aliphatic imine (C=N–C) groups is 1. The molecule has 0 saturated heterocycles. The van der Waals surface area contributed by atoms with Crippen molar-refractivity contribution in [3.63, 3.8) is 0 Å². The van der Waals surface area contributed by atoms with Crippen LogP contribution in [0.2, 0.25) is 5.02 Å². The Labute approximate surface area is 145 Å². The molecule has 24 heavy (non-hydrogen) atoms. The Bertz CT molecular complexity index is 667. The number of likely N-dealkylation sites (N-methyl/N-ethyl adjacent to an activating group) is 1. The van der Waals surface area contributed by atoms with Crippen LogP contribution >= 0.6 is 11.6 Å². The smallest absolute Gasteiger partial charge is 0.344 e. The van der Waals surface area contributed by atoms with Crippen molar-refractivity contribution in [1.29, 1.82) is 0 Å². The Hall–Kier alpha value is -2.38. The van der Waals surface area contributed by atoms with Gasteiger partial charge in [-0.15, -0.1) is 0 Å². The number of hydrogen-bond acceptors (Lipinski definition) is 6. The first-order chi connectivity index (χ1) is 11.4. The number of esters is 1. The third-order valence-electron chi connectivity index (χ3n) is 3.01. The number of carbonyl (C=O) groups is 2. The highest BCUT2D eigenvalue weighted by molar-refractivity contribution is 6.34. The molecule has 1 rings (SSSR count). The summed E-state index contributed by atoms with van der Waals surface area (Å²) in [7, 11) is 1.77. The molecule has 1 aromatic carbocycles. The molecule has 8 heteroatoms. The van der Waals surface area contributed by atoms with E-state index in [9.17, 15) is 9.59 Å². The van der Waals surface area contributed by atoms with Gasteiger partial charge in [-0.25, -0.2) is 4.79 Å². The van der Waals surface area contributed by atoms with Gasteiger partial charge in [0.1, 0.15) is 11.4 Å². The number of Topliss-reactive ketones (excluding diaryl/α,β-unsaturated/α-hetero) is 1. The van der Waals surface area contributed by atoms with Crippen LogP contribution in [0.15, 0.2) is 40.5 Å². The van der Waals surface area contributed by atoms with Gasteiger partial charge in [-0.3, -0.25) is 9.79 Å². The van der Waals surface area contributed by atoms with E-state index in [4.69, 9.17) is 27.8 Å². The molecule has 7 nitrogen and oxygen atoms in total. The number of rotatable bonds is 8. The lowest BCUT2D eigenvalue weighted by Crippen LogP contribution is -2.28. The molecular formula is C16H21ClN4O3. The largest absolute Gasteiger partial charge is 0.454 e. The number of allylic oxidation sites excluding steroid dienone is 1. The number of nitrogens with two attached hydrogens (primary N) is 2. The van der Waals surface area contributed by atoms with Gasteiger partial charge < -0.3 is 21.5 Å². The van der Waals surface area contributed by atoms with E-state index < -0.39 is 18.4 Å². The highest BCUT2D eigenvalue weighted by atomic mass is 35.5. The molecule has 5 N–H and O–H groups in total. The summed E-state index contributed by atoms with van der Waals surface area (Å²) in [4.78, 5) is 28.3. The summed E-state index contributed by atoms with van der Waals surface area (Å²) in [5.74, 6) is -1.25. The van der Waals surface area contributed by atoms with Crippen LogP contribution in [0.1, 0.15) is 17.3 Å². The molecule has 0 unspecified atom stereocenters. The molecule has 0 bridgehead atoms. The normalized spacial score (nSPS) is 12.5. The summed E-state index contributed by atoms with van der Waals surface area (Å²) >= 11 is 5.93. The number of halogens is 1. The minimum Gasteiger partial charge on any atom is -0.454 e. The zero-order valence-corrected chi connectivity index (χ0v) is 14.4. The van der Waals surface area contributed by atoms with Crippen molar-refractivity contribution in [2.24, 2.45) is 16.5 Å². The van der Waals surface area contributed by atoms with Gasteiger partial charge in [0.05, 0.1) is 11.6 Å². The minimum absolute atomic E-state index is 0.0274. The molecule has 130 valence electrons. The fourth-order valence-corrected chi connectivity index (χ4v) is 2.04. The maximum Gasteiger partial charge on any atom is 0.344 e. The van der Waals surface area contributed by atoms with Crippen LogP contribution in [0.3, 0.4) is 0 Å². The van der Waals surface area contributed by atoms with Crippen LogP contribution in [-0.4, -0.2) is 44.3 Å². The highest BCUT2D eigenvalue weighted by Gasteiger charge is 2.20. The van der Waals surface area contributed by atoms with Crippen LogP contribution in [0, 0.1) is 0 Å². The maximum atomic E-state index is 12.2. The third kappa shape index (κ3) is 5.68. The van der Waals surface area contributed by atoms with E-state index in [0.29, 0.717) is 13.1 Å². The van der Waals surface area contributed by atoms with Crippen molar-refractivity contribution in [2.45, 2.75) is 6.92 Å². The predicted octanol–water partition coefficient (Wildman–Crippen LogP) is 0.875. The second-order valence-electron chi connectivity index (χ2n) is 4.91. The van der Waals surface area contributed by atoms with Gasteiger partial charge in [0.2, 0.25) is 5.78 Å². The number of hydrogen-bond donors (Lipinski definition) is 3. The van der Waals surface area contributed by atoms with Gasteiger partial charge in [-0.1, -0.05) is 23.7 Å². The molecular weight excluding hydrogens is 332 g/mol. The van der Waals surface area contributed by atoms with E-state index in [-0.39, 0.29) is 27.7 Å². The van der Waals surface area contributed by atoms with Crippen LogP contribution in [0.5, 0.6) is 0 Å². The van der Waals surface area contributed by atoms with Crippen molar-refractivity contribution in [3.05, 3.63) is 46.1 Å². The average molecular weight is 353 g/mol. The Kier molecular flexibility index (Phi) is 7.94. The molecule has 0 heterocycles. The van der Waals surface area contributed by atoms with E-state index in [1.54, 1.807) is 31.3 Å². The molecule has 0 saturated carbocycles. The number of amidine groups is 1. The van der Waals surface area contributed by atoms with Gasteiger partial charge in [-0.05, 0) is 26.1 Å². The topological polar surface area (TPSA) is 120 Å². The molecule has 0 aliphatic rings. The number of nitrogens with one attached hydrogen (secondary N) is 1. The van der Waals surface area contributed by atoms with Crippen LogP contribution in [0.25, 0.3) is 0 Å². The lowest BCUT2D eigenvalue weighted by molar-refractivity contribution is -0.137. The molecule has 0 aliphatic heterocycles. The first-order valence-electron chi connectivity index (χ1n) is 7.24. The highest BCUT2D eigenvalue weighted by Crippen LogP contribution is 2.15. The van der Waals surface area contributed by atoms with E-state index in [2.05, 4.69) is 10.3 Å². The molecule has 0 spiro atoms. The van der Waals surface area contributed by atoms with Crippen LogP contribution < -0.4 is 16.8 Å². The maximum absolute atomic E-state index is 12.2. The van der Waals surface area contributed by atoms with E-state index in [1.165, 1.54) is 6.92 Å². The van der Waals surface area contributed by atoms with Gasteiger partial charge in [0, 0.05) is 17.8 Å². The number of nitrogens with zero attached hydrogens (tertiary/aromatic N) is 1. The fourth-order valence-electron chi connectivity index (χ4n) is 1.80. The molecule has 0 fully saturated rings. The number of ketones is 1. The van der Waals surface area contributed by atoms with E-state index in [1.807, 2.05) is 0 Å². The zero-order chi connectivity index (χ0) is 18.1. The Morgan fingerprint density at radius 2 is 1.96 bits per heavy atom. The molecule has 0 amide bonds. The summed E-state index contributed by atoms with van der Waals surface area (Å²) in [6, 6.07) is 6.50. The van der Waals surface area contributed by atoms with E-state index >= 15 is 0 Å². The van der Waals surface area contributed by atoms with Crippen molar-refractivity contribution in [3.8, 4) is 0 Å². The Morgan fingerprint density at radius 1 is 1.29 bits per heavy atom. The quantitative estimate of drug-likeness (QED) is 0.159. The lowest BCUT2D eigenvalue weighted by Gasteiger charge is -2.10. The second-order valence-corrected chi connectivity index (χ2v) is 5.31. The SMILES string of the molecule is CNCCN=C(N)C(C(=O)OCC(=O)c1ccccc1Cl)=C(C)N. The monoisotopic (exact) mass is 352 g/mol. The number of carbonyl (C=O) groups excluding carboxylic acids is 2. The molecule has 0 aliphatic carbocycles. The molecule has 0 aromatic heterocycles. The molecule has 0 atom stereocenters. The first-order valence-corrected chi connectivity index (χ1v) is 7.62. The number of benzene rings is 1. The van der Waals surface area contributed by atoms with Gasteiger partial charge >= 0.3 is 5.97 Å². The zero-order valence-electron chi connectivity index (χ0n) is 13.6. The lowest BCUT2D eigenvalue weighted by atomic mass is 10.1. The fraction of sp³-hybridized carbons (Fsp3) is 0.312. The summed E-state index contributed by atoms with van der Waals surface area (Å²) in [5, 5.41) is 3.19. The predicted molar refractivity (Wildman–Crippen MR) is 94.0 cm³/mol. The Morgan fingerprint density at radius 3 is 2.54 bits per heavy atom. The minimum atomic E-state index is -0.805. The summed E-state index contributed by atoms with van der Waals surface area (Å²) in [6.07, 6.45) is 0. The number of ether oxygens (including phenoxy) is 1. The van der Waals surface area contributed by atoms with Crippen molar-refractivity contribution >= 4 is 29.2 Å². The van der Waals surface area contributed by atoms with Crippen molar-refractivity contribution < 1.29 is 14.3 Å². The van der Waals surface area contributed by atoms with Gasteiger partial charge in [-0.2, -0.15) is 0 Å². The first kappa shape index (κ1) is 19.7. The Balaban J connectivity index is 2.77. The summed E-state index contributed by atoms with van der Waals surface area (Å²) in [6.45, 7) is 2.01. The van der Waals surface area contributed by atoms with Crippen LogP contribution in [0.4, 0.5) is 0 Å². The second kappa shape index (κ2) is 9.69. The van der Waals surface area contributed by atoms with Crippen molar-refractivity contribution in [1.82, 2.24) is 5.32 Å². The molecule has 1 aromatic rings. The molecule has 0 radical (unpaired) electrons.